The molecule has 0 aliphatic heterocycles. The Balaban J connectivity index is 4.19. The van der Waals surface area contributed by atoms with E-state index in [-0.39, 0.29) is 6.10 Å². The minimum Gasteiger partial charge on any atom is -0.461 e. The van der Waals surface area contributed by atoms with E-state index in [2.05, 4.69) is 0 Å². The SMILES string of the molecule is C/C=C\COC(C(=O)OC(C)C)C(C)O. The molecule has 0 radical (unpaired) electrons. The highest BCUT2D eigenvalue weighted by Gasteiger charge is 2.26. The summed E-state index contributed by atoms with van der Waals surface area (Å²) in [6.07, 6.45) is 1.58. The smallest absolute Gasteiger partial charge is 0.338 e. The van der Waals surface area contributed by atoms with Gasteiger partial charge in [-0.05, 0) is 27.7 Å². The highest BCUT2D eigenvalue weighted by Crippen LogP contribution is 2.04. The van der Waals surface area contributed by atoms with E-state index in [1.54, 1.807) is 19.9 Å². The van der Waals surface area contributed by atoms with Crippen molar-refractivity contribution in [3.63, 3.8) is 0 Å². The molecule has 0 aliphatic rings. The zero-order valence-corrected chi connectivity index (χ0v) is 9.77. The topological polar surface area (TPSA) is 55.8 Å². The Bertz CT molecular complexity index is 209. The molecule has 0 aromatic rings. The summed E-state index contributed by atoms with van der Waals surface area (Å²) >= 11 is 0. The maximum absolute atomic E-state index is 11.5. The standard InChI is InChI=1S/C11H20O4/c1-5-6-7-14-10(9(4)12)11(13)15-8(2)3/h5-6,8-10,12H,7H2,1-4H3/b6-5-. The van der Waals surface area contributed by atoms with Gasteiger partial charge in [0.15, 0.2) is 6.10 Å². The molecule has 0 saturated carbocycles. The molecule has 4 nitrogen and oxygen atoms in total. The fourth-order valence-electron chi connectivity index (χ4n) is 0.959. The number of esters is 1. The van der Waals surface area contributed by atoms with Gasteiger partial charge in [-0.2, -0.15) is 0 Å². The lowest BCUT2D eigenvalue weighted by Gasteiger charge is -2.19. The third kappa shape index (κ3) is 6.25. The first kappa shape index (κ1) is 14.1. The van der Waals surface area contributed by atoms with Crippen LogP contribution in [0.3, 0.4) is 0 Å². The van der Waals surface area contributed by atoms with Crippen molar-refractivity contribution in [3.8, 4) is 0 Å². The van der Waals surface area contributed by atoms with Gasteiger partial charge in [-0.3, -0.25) is 0 Å². The van der Waals surface area contributed by atoms with Crippen LogP contribution in [0.1, 0.15) is 27.7 Å². The van der Waals surface area contributed by atoms with Crippen LogP contribution in [0.5, 0.6) is 0 Å². The molecule has 0 aromatic heterocycles. The fraction of sp³-hybridized carbons (Fsp3) is 0.727. The van der Waals surface area contributed by atoms with E-state index in [1.807, 2.05) is 13.0 Å². The summed E-state index contributed by atoms with van der Waals surface area (Å²) in [7, 11) is 0. The predicted octanol–water partition coefficient (Wildman–Crippen LogP) is 1.28. The quantitative estimate of drug-likeness (QED) is 0.537. The number of aliphatic hydroxyl groups is 1. The zero-order chi connectivity index (χ0) is 11.8. The first-order valence-electron chi connectivity index (χ1n) is 5.10. The summed E-state index contributed by atoms with van der Waals surface area (Å²) < 4.78 is 10.2. The van der Waals surface area contributed by atoms with Crippen LogP contribution in [-0.2, 0) is 14.3 Å². The molecule has 0 amide bonds. The second-order valence-electron chi connectivity index (χ2n) is 3.55. The normalized spacial score (nSPS) is 15.6. The van der Waals surface area contributed by atoms with Crippen LogP contribution >= 0.6 is 0 Å². The van der Waals surface area contributed by atoms with Crippen LogP contribution in [-0.4, -0.2) is 36.0 Å². The molecule has 88 valence electrons. The Morgan fingerprint density at radius 1 is 1.40 bits per heavy atom. The second-order valence-corrected chi connectivity index (χ2v) is 3.55. The molecule has 0 heterocycles. The van der Waals surface area contributed by atoms with Gasteiger partial charge < -0.3 is 14.6 Å². The van der Waals surface area contributed by atoms with Crippen molar-refractivity contribution in [2.24, 2.45) is 0 Å². The number of allylic oxidation sites excluding steroid dienone is 1. The number of carbonyl (C=O) groups is 1. The van der Waals surface area contributed by atoms with Gasteiger partial charge in [-0.15, -0.1) is 0 Å². The molecule has 4 heteroatoms. The molecule has 0 rings (SSSR count). The monoisotopic (exact) mass is 216 g/mol. The number of carbonyl (C=O) groups excluding carboxylic acids is 1. The molecule has 0 aromatic carbocycles. The van der Waals surface area contributed by atoms with Crippen molar-refractivity contribution >= 4 is 5.97 Å². The third-order valence-corrected chi connectivity index (χ3v) is 1.63. The first-order valence-corrected chi connectivity index (χ1v) is 5.10. The van der Waals surface area contributed by atoms with Gasteiger partial charge in [-0.25, -0.2) is 4.79 Å². The Labute approximate surface area is 90.9 Å². The highest BCUT2D eigenvalue weighted by molar-refractivity contribution is 5.75. The third-order valence-electron chi connectivity index (χ3n) is 1.63. The molecule has 0 fully saturated rings. The van der Waals surface area contributed by atoms with Gasteiger partial charge in [0, 0.05) is 0 Å². The van der Waals surface area contributed by atoms with E-state index in [1.165, 1.54) is 6.92 Å². The summed E-state index contributed by atoms with van der Waals surface area (Å²) in [6, 6.07) is 0. The average molecular weight is 216 g/mol. The van der Waals surface area contributed by atoms with Crippen LogP contribution in [0.4, 0.5) is 0 Å². The molecule has 0 aliphatic carbocycles. The second kappa shape index (κ2) is 7.43. The van der Waals surface area contributed by atoms with Gasteiger partial charge in [-0.1, -0.05) is 12.2 Å². The highest BCUT2D eigenvalue weighted by atomic mass is 16.6. The van der Waals surface area contributed by atoms with Gasteiger partial charge in [0.05, 0.1) is 18.8 Å². The summed E-state index contributed by atoms with van der Waals surface area (Å²) in [4.78, 5) is 11.5. The maximum Gasteiger partial charge on any atom is 0.338 e. The van der Waals surface area contributed by atoms with Crippen LogP contribution in [0, 0.1) is 0 Å². The van der Waals surface area contributed by atoms with E-state index >= 15 is 0 Å². The van der Waals surface area contributed by atoms with E-state index < -0.39 is 18.2 Å². The Hall–Kier alpha value is -0.870. The Morgan fingerprint density at radius 2 is 2.00 bits per heavy atom. The van der Waals surface area contributed by atoms with Gasteiger partial charge in [0.1, 0.15) is 0 Å². The van der Waals surface area contributed by atoms with E-state index in [0.29, 0.717) is 6.61 Å². The van der Waals surface area contributed by atoms with Gasteiger partial charge >= 0.3 is 5.97 Å². The summed E-state index contributed by atoms with van der Waals surface area (Å²) in [6.45, 7) is 7.15. The number of hydrogen-bond acceptors (Lipinski definition) is 4. The van der Waals surface area contributed by atoms with Crippen LogP contribution in [0.25, 0.3) is 0 Å². The predicted molar refractivity (Wildman–Crippen MR) is 57.5 cm³/mol. The number of rotatable bonds is 6. The maximum atomic E-state index is 11.5. The van der Waals surface area contributed by atoms with Crippen LogP contribution < -0.4 is 0 Å². The van der Waals surface area contributed by atoms with Crippen molar-refractivity contribution in [2.45, 2.75) is 46.0 Å². The van der Waals surface area contributed by atoms with Crippen molar-refractivity contribution in [1.29, 1.82) is 0 Å². The largest absolute Gasteiger partial charge is 0.461 e. The van der Waals surface area contributed by atoms with E-state index in [4.69, 9.17) is 9.47 Å². The minimum atomic E-state index is -0.913. The molecule has 15 heavy (non-hydrogen) atoms. The summed E-state index contributed by atoms with van der Waals surface area (Å²) in [5, 5.41) is 9.34. The number of ether oxygens (including phenoxy) is 2. The molecular weight excluding hydrogens is 196 g/mol. The zero-order valence-electron chi connectivity index (χ0n) is 9.77. The fourth-order valence-corrected chi connectivity index (χ4v) is 0.959. The number of aliphatic hydroxyl groups excluding tert-OH is 1. The van der Waals surface area contributed by atoms with E-state index in [9.17, 15) is 9.90 Å². The molecular formula is C11H20O4. The molecule has 0 bridgehead atoms. The molecule has 0 spiro atoms. The van der Waals surface area contributed by atoms with Gasteiger partial charge in [0.2, 0.25) is 0 Å². The summed E-state index contributed by atoms with van der Waals surface area (Å²) in [5.74, 6) is -0.524. The first-order chi connectivity index (χ1) is 6.99. The Kier molecular flexibility index (Phi) is 6.99. The van der Waals surface area contributed by atoms with E-state index in [0.717, 1.165) is 0 Å². The van der Waals surface area contributed by atoms with Crippen molar-refractivity contribution in [1.82, 2.24) is 0 Å². The Morgan fingerprint density at radius 3 is 2.40 bits per heavy atom. The molecule has 0 saturated heterocycles. The van der Waals surface area contributed by atoms with Crippen molar-refractivity contribution in [2.75, 3.05) is 6.61 Å². The van der Waals surface area contributed by atoms with Crippen LogP contribution in [0.2, 0.25) is 0 Å². The molecule has 2 unspecified atom stereocenters. The van der Waals surface area contributed by atoms with Crippen molar-refractivity contribution < 1.29 is 19.4 Å². The lowest BCUT2D eigenvalue weighted by atomic mass is 10.2. The average Bonchev–Trinajstić information content (AvgIpc) is 2.10. The molecule has 1 N–H and O–H groups in total. The number of hydrogen-bond donors (Lipinski definition) is 1. The van der Waals surface area contributed by atoms with Crippen molar-refractivity contribution in [3.05, 3.63) is 12.2 Å². The lowest BCUT2D eigenvalue weighted by molar-refractivity contribution is -0.167. The van der Waals surface area contributed by atoms with Crippen LogP contribution in [0.15, 0.2) is 12.2 Å². The lowest BCUT2D eigenvalue weighted by Crippen LogP contribution is -2.37. The van der Waals surface area contributed by atoms with Gasteiger partial charge in [0.25, 0.3) is 0 Å². The molecule has 2 atom stereocenters. The summed E-state index contributed by atoms with van der Waals surface area (Å²) in [5.41, 5.74) is 0. The minimum absolute atomic E-state index is 0.205.